The second-order valence-electron chi connectivity index (χ2n) is 7.69. The maximum absolute atomic E-state index is 13.8. The molecule has 0 aliphatic rings. The molecule has 6 nitrogen and oxygen atoms in total. The van der Waals surface area contributed by atoms with Gasteiger partial charge in [0.1, 0.15) is 10.1 Å². The summed E-state index contributed by atoms with van der Waals surface area (Å²) < 4.78 is 5.96. The van der Waals surface area contributed by atoms with E-state index in [1.54, 1.807) is 0 Å². The third-order valence-corrected chi connectivity index (χ3v) is 7.66. The van der Waals surface area contributed by atoms with Gasteiger partial charge >= 0.3 is 0 Å². The molecule has 0 radical (unpaired) electrons. The second kappa shape index (κ2) is 8.96. The number of thiazole rings is 1. The fourth-order valence-electron chi connectivity index (χ4n) is 3.94. The molecule has 0 aliphatic carbocycles. The molecule has 5 rings (SSSR count). The summed E-state index contributed by atoms with van der Waals surface area (Å²) in [4.78, 5) is 22.4. The average molecular weight is 475 g/mol. The number of nitrogens with one attached hydrogen (secondary N) is 1. The third-order valence-electron chi connectivity index (χ3n) is 5.51. The SMILES string of the molecule is CCc1cccc2c(C(=O)C(Sc3nnc(-c4sc(C)nc4C)o3)c3ccccc3)c[nH]c12. The van der Waals surface area contributed by atoms with Crippen molar-refractivity contribution < 1.29 is 9.21 Å². The van der Waals surface area contributed by atoms with Gasteiger partial charge in [0.25, 0.3) is 11.1 Å². The second-order valence-corrected chi connectivity index (χ2v) is 9.95. The predicted octanol–water partition coefficient (Wildman–Crippen LogP) is 6.57. The summed E-state index contributed by atoms with van der Waals surface area (Å²) in [5, 5.41) is 10.2. The van der Waals surface area contributed by atoms with Crippen molar-refractivity contribution >= 4 is 39.8 Å². The number of carbonyl (C=O) groups excluding carboxylic acids is 1. The Morgan fingerprint density at radius 1 is 1.12 bits per heavy atom. The summed E-state index contributed by atoms with van der Waals surface area (Å²) in [5.41, 5.74) is 4.61. The van der Waals surface area contributed by atoms with Crippen molar-refractivity contribution in [2.75, 3.05) is 0 Å². The van der Waals surface area contributed by atoms with Gasteiger partial charge in [0.2, 0.25) is 0 Å². The molecule has 0 saturated carbocycles. The number of rotatable bonds is 7. The Morgan fingerprint density at radius 3 is 2.67 bits per heavy atom. The summed E-state index contributed by atoms with van der Waals surface area (Å²) in [6.07, 6.45) is 2.70. The van der Waals surface area contributed by atoms with Gasteiger partial charge < -0.3 is 9.40 Å². The minimum atomic E-state index is -0.520. The molecule has 5 aromatic rings. The van der Waals surface area contributed by atoms with Crippen LogP contribution in [-0.2, 0) is 6.42 Å². The van der Waals surface area contributed by atoms with E-state index >= 15 is 0 Å². The van der Waals surface area contributed by atoms with Crippen molar-refractivity contribution in [1.29, 1.82) is 0 Å². The quantitative estimate of drug-likeness (QED) is 0.212. The van der Waals surface area contributed by atoms with Crippen molar-refractivity contribution in [3.05, 3.63) is 82.1 Å². The first-order valence-electron chi connectivity index (χ1n) is 10.7. The number of hydrogen-bond donors (Lipinski definition) is 1. The molecule has 1 N–H and O–H groups in total. The summed E-state index contributed by atoms with van der Waals surface area (Å²) in [7, 11) is 0. The lowest BCUT2D eigenvalue weighted by atomic mass is 10.0. The number of H-pyrrole nitrogens is 1. The zero-order chi connectivity index (χ0) is 22.9. The molecular formula is C25H22N4O2S2. The van der Waals surface area contributed by atoms with Crippen LogP contribution in [0.2, 0.25) is 0 Å². The molecule has 8 heteroatoms. The fourth-order valence-corrected chi connectivity index (χ4v) is 5.72. The zero-order valence-electron chi connectivity index (χ0n) is 18.5. The number of nitrogens with zero attached hydrogens (tertiary/aromatic N) is 3. The van der Waals surface area contributed by atoms with E-state index < -0.39 is 5.25 Å². The number of benzene rings is 2. The van der Waals surface area contributed by atoms with Gasteiger partial charge in [0.05, 0.1) is 10.7 Å². The number of fused-ring (bicyclic) bond motifs is 1. The highest BCUT2D eigenvalue weighted by Crippen LogP contribution is 2.40. The first-order chi connectivity index (χ1) is 16.0. The van der Waals surface area contributed by atoms with E-state index in [-0.39, 0.29) is 5.78 Å². The lowest BCUT2D eigenvalue weighted by Crippen LogP contribution is -2.09. The molecule has 0 fully saturated rings. The molecule has 33 heavy (non-hydrogen) atoms. The average Bonchev–Trinajstić information content (AvgIpc) is 3.55. The maximum Gasteiger partial charge on any atom is 0.277 e. The van der Waals surface area contributed by atoms with Gasteiger partial charge in [-0.15, -0.1) is 21.5 Å². The number of para-hydroxylation sites is 1. The molecule has 2 aromatic carbocycles. The van der Waals surface area contributed by atoms with Crippen LogP contribution in [-0.4, -0.2) is 25.9 Å². The molecule has 1 atom stereocenters. The van der Waals surface area contributed by atoms with Gasteiger partial charge in [-0.05, 0) is 43.2 Å². The maximum atomic E-state index is 13.8. The Bertz CT molecular complexity index is 1440. The van der Waals surface area contributed by atoms with E-state index in [9.17, 15) is 4.79 Å². The summed E-state index contributed by atoms with van der Waals surface area (Å²) in [6.45, 7) is 5.98. The van der Waals surface area contributed by atoms with Crippen LogP contribution in [0.4, 0.5) is 0 Å². The Balaban J connectivity index is 1.52. The highest BCUT2D eigenvalue weighted by molar-refractivity contribution is 8.00. The van der Waals surface area contributed by atoms with Crippen LogP contribution in [0.15, 0.2) is 64.4 Å². The van der Waals surface area contributed by atoms with Crippen LogP contribution >= 0.6 is 23.1 Å². The highest BCUT2D eigenvalue weighted by atomic mass is 32.2. The number of hydrogen-bond acceptors (Lipinski definition) is 7. The van der Waals surface area contributed by atoms with Crippen LogP contribution < -0.4 is 0 Å². The predicted molar refractivity (Wildman–Crippen MR) is 132 cm³/mol. The largest absolute Gasteiger partial charge is 0.410 e. The number of aromatic amines is 1. The first kappa shape index (κ1) is 21.6. The Morgan fingerprint density at radius 2 is 1.94 bits per heavy atom. The van der Waals surface area contributed by atoms with Crippen molar-refractivity contribution in [1.82, 2.24) is 20.2 Å². The first-order valence-corrected chi connectivity index (χ1v) is 12.4. The summed E-state index contributed by atoms with van der Waals surface area (Å²) in [6, 6.07) is 15.8. The summed E-state index contributed by atoms with van der Waals surface area (Å²) >= 11 is 2.79. The minimum absolute atomic E-state index is 0.00438. The Kier molecular flexibility index (Phi) is 5.86. The topological polar surface area (TPSA) is 84.7 Å². The van der Waals surface area contributed by atoms with E-state index in [4.69, 9.17) is 4.42 Å². The van der Waals surface area contributed by atoms with Gasteiger partial charge in [-0.2, -0.15) is 0 Å². The van der Waals surface area contributed by atoms with Crippen LogP contribution in [0.3, 0.4) is 0 Å². The molecule has 0 amide bonds. The van der Waals surface area contributed by atoms with Gasteiger partial charge in [-0.25, -0.2) is 4.98 Å². The van der Waals surface area contributed by atoms with Crippen LogP contribution in [0.25, 0.3) is 21.7 Å². The molecule has 0 bridgehead atoms. The Hall–Kier alpha value is -3.23. The minimum Gasteiger partial charge on any atom is -0.410 e. The van der Waals surface area contributed by atoms with E-state index in [2.05, 4.69) is 33.2 Å². The number of aryl methyl sites for hydroxylation is 3. The van der Waals surface area contributed by atoms with Gasteiger partial charge in [-0.1, -0.05) is 55.5 Å². The number of thioether (sulfide) groups is 1. The van der Waals surface area contributed by atoms with E-state index in [0.717, 1.165) is 38.5 Å². The number of Topliss-reactive ketones (excluding diaryl/α,β-unsaturated/α-hetero) is 1. The fraction of sp³-hybridized carbons (Fsp3) is 0.200. The zero-order valence-corrected chi connectivity index (χ0v) is 20.1. The van der Waals surface area contributed by atoms with E-state index in [1.807, 2.05) is 62.5 Å². The lowest BCUT2D eigenvalue weighted by Gasteiger charge is -2.13. The lowest BCUT2D eigenvalue weighted by molar-refractivity contribution is 0.0990. The molecule has 1 unspecified atom stereocenters. The van der Waals surface area contributed by atoms with Crippen molar-refractivity contribution in [3.8, 4) is 10.8 Å². The van der Waals surface area contributed by atoms with Crippen molar-refractivity contribution in [2.24, 2.45) is 0 Å². The monoisotopic (exact) mass is 474 g/mol. The molecule has 3 aromatic heterocycles. The normalized spacial score (nSPS) is 12.3. The summed E-state index contributed by atoms with van der Waals surface area (Å²) in [5.74, 6) is 0.426. The van der Waals surface area contributed by atoms with E-state index in [1.165, 1.54) is 28.7 Å². The van der Waals surface area contributed by atoms with Crippen LogP contribution in [0.5, 0.6) is 0 Å². The highest BCUT2D eigenvalue weighted by Gasteiger charge is 2.28. The molecule has 0 spiro atoms. The molecular weight excluding hydrogens is 452 g/mol. The number of aromatic nitrogens is 4. The van der Waals surface area contributed by atoms with Gasteiger partial charge in [-0.3, -0.25) is 4.79 Å². The van der Waals surface area contributed by atoms with Crippen LogP contribution in [0, 0.1) is 13.8 Å². The van der Waals surface area contributed by atoms with Crippen molar-refractivity contribution in [3.63, 3.8) is 0 Å². The molecule has 0 saturated heterocycles. The molecule has 0 aliphatic heterocycles. The standard InChI is InChI=1S/C25H22N4O2S2/c1-4-16-11-8-12-18-19(13-26-20(16)18)21(30)23(17-9-6-5-7-10-17)33-25-29-28-24(31-25)22-14(2)27-15(3)32-22/h5-13,23,26H,4H2,1-3H3. The Labute approximate surface area is 199 Å². The molecule has 3 heterocycles. The number of carbonyl (C=O) groups is 1. The van der Waals surface area contributed by atoms with E-state index in [0.29, 0.717) is 16.7 Å². The van der Waals surface area contributed by atoms with Crippen molar-refractivity contribution in [2.45, 2.75) is 37.7 Å². The van der Waals surface area contributed by atoms with Gasteiger partial charge in [0.15, 0.2) is 5.78 Å². The molecule has 166 valence electrons. The smallest absolute Gasteiger partial charge is 0.277 e. The third kappa shape index (κ3) is 4.12. The van der Waals surface area contributed by atoms with Crippen LogP contribution in [0.1, 0.15) is 44.4 Å². The van der Waals surface area contributed by atoms with Gasteiger partial charge in [0, 0.05) is 22.7 Å². The number of ketones is 1.